The number of carbonyl (C=O) groups is 2. The Labute approximate surface area is 188 Å². The van der Waals surface area contributed by atoms with E-state index in [4.69, 9.17) is 21.1 Å². The van der Waals surface area contributed by atoms with E-state index in [-0.39, 0.29) is 11.8 Å². The first-order chi connectivity index (χ1) is 15.1. The molecule has 0 saturated carbocycles. The monoisotopic (exact) mass is 444 g/mol. The van der Waals surface area contributed by atoms with E-state index in [9.17, 15) is 9.59 Å². The molecule has 0 radical (unpaired) electrons. The van der Waals surface area contributed by atoms with Crippen molar-refractivity contribution in [3.8, 4) is 11.5 Å². The predicted molar refractivity (Wildman–Crippen MR) is 121 cm³/mol. The SMILES string of the molecule is COc1ccc(CC(=O)N2CCCN(C(=O)CCCOc3ccccc3Cl)CC2)cc1. The van der Waals surface area contributed by atoms with Crippen molar-refractivity contribution in [2.75, 3.05) is 39.9 Å². The van der Waals surface area contributed by atoms with Crippen LogP contribution in [0.3, 0.4) is 0 Å². The number of hydrogen-bond donors (Lipinski definition) is 0. The van der Waals surface area contributed by atoms with Gasteiger partial charge in [-0.1, -0.05) is 35.9 Å². The van der Waals surface area contributed by atoms with Crippen LogP contribution in [0.4, 0.5) is 0 Å². The molecule has 166 valence electrons. The summed E-state index contributed by atoms with van der Waals surface area (Å²) >= 11 is 6.07. The first-order valence-corrected chi connectivity index (χ1v) is 11.0. The number of methoxy groups -OCH3 is 1. The quantitative estimate of drug-likeness (QED) is 0.581. The summed E-state index contributed by atoms with van der Waals surface area (Å²) in [6.45, 7) is 2.93. The molecule has 7 heteroatoms. The molecule has 1 heterocycles. The van der Waals surface area contributed by atoms with Crippen LogP contribution in [0.25, 0.3) is 0 Å². The standard InChI is InChI=1S/C24H29ClN2O4/c1-30-20-11-9-19(10-12-20)18-24(29)27-14-5-13-26(15-16-27)23(28)8-4-17-31-22-7-3-2-6-21(22)25/h2-3,6-7,9-12H,4-5,8,13-18H2,1H3. The molecular formula is C24H29ClN2O4. The fourth-order valence-electron chi connectivity index (χ4n) is 3.57. The Balaban J connectivity index is 1.40. The molecular weight excluding hydrogens is 416 g/mol. The zero-order valence-electron chi connectivity index (χ0n) is 17.9. The van der Waals surface area contributed by atoms with Crippen molar-refractivity contribution in [1.29, 1.82) is 0 Å². The van der Waals surface area contributed by atoms with E-state index in [0.717, 1.165) is 17.7 Å². The molecule has 0 N–H and O–H groups in total. The second-order valence-corrected chi connectivity index (χ2v) is 7.93. The van der Waals surface area contributed by atoms with Gasteiger partial charge in [0.2, 0.25) is 11.8 Å². The molecule has 6 nitrogen and oxygen atoms in total. The summed E-state index contributed by atoms with van der Waals surface area (Å²) in [5, 5.41) is 0.570. The molecule has 2 aromatic rings. The van der Waals surface area contributed by atoms with Crippen molar-refractivity contribution < 1.29 is 19.1 Å². The average molecular weight is 445 g/mol. The Bertz CT molecular complexity index is 872. The zero-order valence-corrected chi connectivity index (χ0v) is 18.6. The number of nitrogens with zero attached hydrogens (tertiary/aromatic N) is 2. The van der Waals surface area contributed by atoms with Gasteiger partial charge >= 0.3 is 0 Å². The average Bonchev–Trinajstić information content (AvgIpc) is 3.05. The van der Waals surface area contributed by atoms with Gasteiger partial charge in [0, 0.05) is 32.6 Å². The fraction of sp³-hybridized carbons (Fsp3) is 0.417. The summed E-state index contributed by atoms with van der Waals surface area (Å²) in [7, 11) is 1.62. The van der Waals surface area contributed by atoms with Gasteiger partial charge in [0.05, 0.1) is 25.2 Å². The number of amides is 2. The molecule has 1 aliphatic heterocycles. The number of carbonyl (C=O) groups excluding carboxylic acids is 2. The molecule has 1 aliphatic rings. The Morgan fingerprint density at radius 3 is 2.29 bits per heavy atom. The lowest BCUT2D eigenvalue weighted by Crippen LogP contribution is -2.38. The molecule has 0 aromatic heterocycles. The van der Waals surface area contributed by atoms with Crippen molar-refractivity contribution in [2.45, 2.75) is 25.7 Å². The first-order valence-electron chi connectivity index (χ1n) is 10.6. The first kappa shape index (κ1) is 22.9. The third-order valence-corrected chi connectivity index (χ3v) is 5.66. The molecule has 31 heavy (non-hydrogen) atoms. The lowest BCUT2D eigenvalue weighted by molar-refractivity contribution is -0.133. The van der Waals surface area contributed by atoms with E-state index in [2.05, 4.69) is 0 Å². The van der Waals surface area contributed by atoms with Gasteiger partial charge in [-0.2, -0.15) is 0 Å². The Kier molecular flexibility index (Phi) is 8.59. The van der Waals surface area contributed by atoms with Gasteiger partial charge < -0.3 is 19.3 Å². The fourth-order valence-corrected chi connectivity index (χ4v) is 3.76. The van der Waals surface area contributed by atoms with E-state index >= 15 is 0 Å². The van der Waals surface area contributed by atoms with Crippen molar-refractivity contribution in [2.24, 2.45) is 0 Å². The van der Waals surface area contributed by atoms with E-state index in [1.54, 1.807) is 13.2 Å². The van der Waals surface area contributed by atoms with Crippen LogP contribution in [0.2, 0.25) is 5.02 Å². The molecule has 0 spiro atoms. The number of hydrogen-bond acceptors (Lipinski definition) is 4. The van der Waals surface area contributed by atoms with Crippen LogP contribution >= 0.6 is 11.6 Å². The third kappa shape index (κ3) is 6.89. The molecule has 2 amide bonds. The normalized spacial score (nSPS) is 14.1. The maximum atomic E-state index is 12.7. The summed E-state index contributed by atoms with van der Waals surface area (Å²) in [6.07, 6.45) is 2.19. The molecule has 0 bridgehead atoms. The van der Waals surface area contributed by atoms with Gasteiger partial charge in [0.25, 0.3) is 0 Å². The van der Waals surface area contributed by atoms with Crippen LogP contribution in [0, 0.1) is 0 Å². The van der Waals surface area contributed by atoms with Crippen LogP contribution in [-0.2, 0) is 16.0 Å². The molecule has 2 aromatic carbocycles. The van der Waals surface area contributed by atoms with E-state index in [0.29, 0.717) is 62.8 Å². The van der Waals surface area contributed by atoms with Crippen LogP contribution in [0.15, 0.2) is 48.5 Å². The van der Waals surface area contributed by atoms with Gasteiger partial charge in [-0.05, 0) is 42.7 Å². The lowest BCUT2D eigenvalue weighted by Gasteiger charge is -2.22. The van der Waals surface area contributed by atoms with Crippen LogP contribution in [-0.4, -0.2) is 61.5 Å². The maximum Gasteiger partial charge on any atom is 0.227 e. The highest BCUT2D eigenvalue weighted by atomic mass is 35.5. The van der Waals surface area contributed by atoms with Gasteiger partial charge in [0.1, 0.15) is 11.5 Å². The van der Waals surface area contributed by atoms with Crippen molar-refractivity contribution in [3.05, 3.63) is 59.1 Å². The Hall–Kier alpha value is -2.73. The van der Waals surface area contributed by atoms with Crippen LogP contribution in [0.1, 0.15) is 24.8 Å². The largest absolute Gasteiger partial charge is 0.497 e. The summed E-state index contributed by atoms with van der Waals surface area (Å²) < 4.78 is 10.8. The second-order valence-electron chi connectivity index (χ2n) is 7.52. The predicted octanol–water partition coefficient (Wildman–Crippen LogP) is 3.81. The molecule has 0 aliphatic carbocycles. The molecule has 1 fully saturated rings. The molecule has 1 saturated heterocycles. The number of benzene rings is 2. The van der Waals surface area contributed by atoms with Crippen molar-refractivity contribution >= 4 is 23.4 Å². The topological polar surface area (TPSA) is 59.1 Å². The summed E-state index contributed by atoms with van der Waals surface area (Å²) in [5.41, 5.74) is 0.960. The summed E-state index contributed by atoms with van der Waals surface area (Å²) in [6, 6.07) is 14.9. The molecule has 3 rings (SSSR count). The van der Waals surface area contributed by atoms with Crippen LogP contribution in [0.5, 0.6) is 11.5 Å². The minimum Gasteiger partial charge on any atom is -0.497 e. The number of halogens is 1. The smallest absolute Gasteiger partial charge is 0.227 e. The Morgan fingerprint density at radius 2 is 1.61 bits per heavy atom. The molecule has 0 unspecified atom stereocenters. The van der Waals surface area contributed by atoms with Gasteiger partial charge in [-0.3, -0.25) is 9.59 Å². The molecule has 0 atom stereocenters. The van der Waals surface area contributed by atoms with Gasteiger partial charge in [-0.25, -0.2) is 0 Å². The third-order valence-electron chi connectivity index (χ3n) is 5.34. The number of rotatable bonds is 8. The van der Waals surface area contributed by atoms with E-state index < -0.39 is 0 Å². The number of ether oxygens (including phenoxy) is 2. The maximum absolute atomic E-state index is 12.7. The van der Waals surface area contributed by atoms with Gasteiger partial charge in [-0.15, -0.1) is 0 Å². The minimum absolute atomic E-state index is 0.0904. The number of para-hydroxylation sites is 1. The lowest BCUT2D eigenvalue weighted by atomic mass is 10.1. The zero-order chi connectivity index (χ0) is 22.1. The highest BCUT2D eigenvalue weighted by Crippen LogP contribution is 2.23. The Morgan fingerprint density at radius 1 is 0.935 bits per heavy atom. The minimum atomic E-state index is 0.0904. The van der Waals surface area contributed by atoms with E-state index in [1.165, 1.54) is 0 Å². The highest BCUT2D eigenvalue weighted by molar-refractivity contribution is 6.32. The van der Waals surface area contributed by atoms with Crippen molar-refractivity contribution in [3.63, 3.8) is 0 Å². The highest BCUT2D eigenvalue weighted by Gasteiger charge is 2.22. The van der Waals surface area contributed by atoms with Gasteiger partial charge in [0.15, 0.2) is 0 Å². The summed E-state index contributed by atoms with van der Waals surface area (Å²) in [5.74, 6) is 1.61. The van der Waals surface area contributed by atoms with E-state index in [1.807, 2.05) is 52.3 Å². The second kappa shape index (κ2) is 11.6. The summed E-state index contributed by atoms with van der Waals surface area (Å²) in [4.78, 5) is 29.0. The van der Waals surface area contributed by atoms with Crippen molar-refractivity contribution in [1.82, 2.24) is 9.80 Å². The van der Waals surface area contributed by atoms with Crippen LogP contribution < -0.4 is 9.47 Å².